The van der Waals surface area contributed by atoms with Gasteiger partial charge in [0.25, 0.3) is 5.91 Å². The first-order valence-corrected chi connectivity index (χ1v) is 11.3. The molecule has 0 bridgehead atoms. The molecule has 176 valence electrons. The Morgan fingerprint density at radius 1 is 0.970 bits per heavy atom. The number of ketones is 2. The highest BCUT2D eigenvalue weighted by Crippen LogP contribution is 2.51. The highest BCUT2D eigenvalue weighted by atomic mass is 16.5. The van der Waals surface area contributed by atoms with E-state index in [1.807, 2.05) is 6.07 Å². The summed E-state index contributed by atoms with van der Waals surface area (Å²) in [6.07, 6.45) is 2.35. The summed E-state index contributed by atoms with van der Waals surface area (Å²) in [6.45, 7) is 8.12. The lowest BCUT2D eigenvalue weighted by molar-refractivity contribution is -0.120. The van der Waals surface area contributed by atoms with Crippen molar-refractivity contribution in [1.29, 1.82) is 0 Å². The number of primary amides is 1. The molecule has 7 nitrogen and oxygen atoms in total. The number of ether oxygens (including phenoxy) is 2. The predicted molar refractivity (Wildman–Crippen MR) is 124 cm³/mol. The summed E-state index contributed by atoms with van der Waals surface area (Å²) in [7, 11) is 1.51. The van der Waals surface area contributed by atoms with Crippen LogP contribution in [0.1, 0.15) is 64.9 Å². The largest absolute Gasteiger partial charge is 0.493 e. The van der Waals surface area contributed by atoms with Crippen molar-refractivity contribution in [3.63, 3.8) is 0 Å². The summed E-state index contributed by atoms with van der Waals surface area (Å²) in [6, 6.07) is 5.33. The molecule has 0 unspecified atom stereocenters. The minimum absolute atomic E-state index is 0.0657. The second-order valence-corrected chi connectivity index (χ2v) is 10.9. The first kappa shape index (κ1) is 23.1. The van der Waals surface area contributed by atoms with Crippen LogP contribution in [-0.2, 0) is 14.4 Å². The van der Waals surface area contributed by atoms with Gasteiger partial charge in [-0.05, 0) is 41.4 Å². The molecule has 1 aromatic rings. The van der Waals surface area contributed by atoms with Crippen LogP contribution in [0.25, 0.3) is 0 Å². The van der Waals surface area contributed by atoms with Gasteiger partial charge in [-0.25, -0.2) is 0 Å². The highest BCUT2D eigenvalue weighted by molar-refractivity contribution is 6.06. The molecule has 0 atom stereocenters. The Bertz CT molecular complexity index is 1060. The molecule has 3 N–H and O–H groups in total. The van der Waals surface area contributed by atoms with E-state index < -0.39 is 11.8 Å². The SMILES string of the molecule is COc1cc(C2C3=C(CC(C)(C)CC3=O)NC3=C2C(=O)CC(C)(C)C3)ccc1OCC(N)=O. The number of amides is 1. The van der Waals surface area contributed by atoms with E-state index >= 15 is 0 Å². The van der Waals surface area contributed by atoms with Gasteiger partial charge in [-0.3, -0.25) is 14.4 Å². The molecule has 4 rings (SSSR count). The molecule has 7 heteroatoms. The second kappa shape index (κ2) is 8.04. The Labute approximate surface area is 194 Å². The van der Waals surface area contributed by atoms with E-state index in [9.17, 15) is 14.4 Å². The van der Waals surface area contributed by atoms with Crippen LogP contribution >= 0.6 is 0 Å². The summed E-state index contributed by atoms with van der Waals surface area (Å²) in [5, 5.41) is 3.51. The van der Waals surface area contributed by atoms with Crippen LogP contribution in [0.5, 0.6) is 11.5 Å². The standard InChI is InChI=1S/C26H32N2O5/c1-25(2)9-15-23(17(29)11-25)22(24-16(28-15)10-26(3,4)12-18(24)30)14-6-7-19(20(8-14)32-5)33-13-21(27)31/h6-8,22,28H,9-13H2,1-5H3,(H2,27,31). The summed E-state index contributed by atoms with van der Waals surface area (Å²) in [4.78, 5) is 37.9. The fourth-order valence-electron chi connectivity index (χ4n) is 5.35. The Hall–Kier alpha value is -3.09. The first-order chi connectivity index (χ1) is 15.4. The van der Waals surface area contributed by atoms with Crippen molar-refractivity contribution in [1.82, 2.24) is 5.32 Å². The molecule has 3 aliphatic rings. The number of benzene rings is 1. The van der Waals surface area contributed by atoms with Crippen LogP contribution < -0.4 is 20.5 Å². The van der Waals surface area contributed by atoms with E-state index in [2.05, 4.69) is 33.0 Å². The van der Waals surface area contributed by atoms with Gasteiger partial charge in [-0.15, -0.1) is 0 Å². The molecule has 0 spiro atoms. The molecule has 1 heterocycles. The molecule has 0 fully saturated rings. The minimum Gasteiger partial charge on any atom is -0.493 e. The zero-order valence-corrected chi connectivity index (χ0v) is 20.0. The molecule has 1 aromatic carbocycles. The topological polar surface area (TPSA) is 108 Å². The Balaban J connectivity index is 1.85. The smallest absolute Gasteiger partial charge is 0.255 e. The summed E-state index contributed by atoms with van der Waals surface area (Å²) >= 11 is 0. The van der Waals surface area contributed by atoms with Crippen LogP contribution in [0.4, 0.5) is 0 Å². The van der Waals surface area contributed by atoms with Crippen molar-refractivity contribution < 1.29 is 23.9 Å². The third-order valence-corrected chi connectivity index (χ3v) is 6.61. The number of dihydropyridines is 1. The average Bonchev–Trinajstić information content (AvgIpc) is 2.68. The van der Waals surface area contributed by atoms with Crippen LogP contribution in [0.3, 0.4) is 0 Å². The van der Waals surface area contributed by atoms with Crippen molar-refractivity contribution in [2.75, 3.05) is 13.7 Å². The number of carbonyl (C=O) groups excluding carboxylic acids is 3. The lowest BCUT2D eigenvalue weighted by Gasteiger charge is -2.44. The van der Waals surface area contributed by atoms with Crippen LogP contribution in [0.2, 0.25) is 0 Å². The second-order valence-electron chi connectivity index (χ2n) is 10.9. The van der Waals surface area contributed by atoms with E-state index in [1.54, 1.807) is 12.1 Å². The van der Waals surface area contributed by atoms with Gasteiger partial charge in [-0.2, -0.15) is 0 Å². The molecule has 0 radical (unpaired) electrons. The average molecular weight is 453 g/mol. The van der Waals surface area contributed by atoms with Gasteiger partial charge in [0.15, 0.2) is 29.7 Å². The molecule has 1 aliphatic heterocycles. The Morgan fingerprint density at radius 2 is 1.52 bits per heavy atom. The maximum absolute atomic E-state index is 13.4. The first-order valence-electron chi connectivity index (χ1n) is 11.3. The summed E-state index contributed by atoms with van der Waals surface area (Å²) in [5.74, 6) is -0.113. The molecule has 0 saturated carbocycles. The molecule has 33 heavy (non-hydrogen) atoms. The lowest BCUT2D eigenvalue weighted by Crippen LogP contribution is -2.42. The fourth-order valence-corrected chi connectivity index (χ4v) is 5.35. The van der Waals surface area contributed by atoms with Gasteiger partial charge in [0.2, 0.25) is 0 Å². The number of hydrogen-bond acceptors (Lipinski definition) is 6. The van der Waals surface area contributed by atoms with Gasteiger partial charge >= 0.3 is 0 Å². The van der Waals surface area contributed by atoms with E-state index in [1.165, 1.54) is 7.11 Å². The Morgan fingerprint density at radius 3 is 2.00 bits per heavy atom. The quantitative estimate of drug-likeness (QED) is 0.708. The van der Waals surface area contributed by atoms with Gasteiger partial charge < -0.3 is 20.5 Å². The predicted octanol–water partition coefficient (Wildman–Crippen LogP) is 3.53. The summed E-state index contributed by atoms with van der Waals surface area (Å²) < 4.78 is 11.0. The number of hydrogen-bond donors (Lipinski definition) is 2. The molecule has 1 amide bonds. The molecule has 0 saturated heterocycles. The maximum atomic E-state index is 13.4. The number of methoxy groups -OCH3 is 1. The van der Waals surface area contributed by atoms with Crippen molar-refractivity contribution in [2.45, 2.75) is 59.3 Å². The van der Waals surface area contributed by atoms with Crippen LogP contribution in [0.15, 0.2) is 40.7 Å². The number of nitrogens with two attached hydrogens (primary N) is 1. The zero-order valence-electron chi connectivity index (χ0n) is 20.0. The number of nitrogens with one attached hydrogen (secondary N) is 1. The van der Waals surface area contributed by atoms with Crippen molar-refractivity contribution in [3.05, 3.63) is 46.3 Å². The van der Waals surface area contributed by atoms with Crippen LogP contribution in [-0.4, -0.2) is 31.2 Å². The molecular formula is C26H32N2O5. The third kappa shape index (κ3) is 4.41. The Kier molecular flexibility index (Phi) is 5.63. The maximum Gasteiger partial charge on any atom is 0.255 e. The number of carbonyl (C=O) groups is 3. The van der Waals surface area contributed by atoms with Gasteiger partial charge in [0.1, 0.15) is 0 Å². The number of allylic oxidation sites excluding steroid dienone is 4. The number of rotatable bonds is 5. The van der Waals surface area contributed by atoms with E-state index in [0.29, 0.717) is 35.5 Å². The lowest BCUT2D eigenvalue weighted by atomic mass is 9.64. The zero-order chi connectivity index (χ0) is 24.1. The summed E-state index contributed by atoms with van der Waals surface area (Å²) in [5.41, 5.74) is 8.88. The molecule has 0 aromatic heterocycles. The van der Waals surface area contributed by atoms with Crippen LogP contribution in [0, 0.1) is 10.8 Å². The van der Waals surface area contributed by atoms with Crippen molar-refractivity contribution in [3.8, 4) is 11.5 Å². The fraction of sp³-hybridized carbons (Fsp3) is 0.500. The minimum atomic E-state index is -0.588. The van der Waals surface area contributed by atoms with E-state index in [-0.39, 0.29) is 29.0 Å². The monoisotopic (exact) mass is 452 g/mol. The van der Waals surface area contributed by atoms with E-state index in [0.717, 1.165) is 29.8 Å². The van der Waals surface area contributed by atoms with E-state index in [4.69, 9.17) is 15.2 Å². The normalized spacial score (nSPS) is 21.8. The van der Waals surface area contributed by atoms with Crippen molar-refractivity contribution in [2.24, 2.45) is 16.6 Å². The molecular weight excluding hydrogens is 420 g/mol. The van der Waals surface area contributed by atoms with Gasteiger partial charge in [-0.1, -0.05) is 33.8 Å². The highest BCUT2D eigenvalue weighted by Gasteiger charge is 2.46. The number of Topliss-reactive ketones (excluding diaryl/α,β-unsaturated/α-hetero) is 2. The van der Waals surface area contributed by atoms with Gasteiger partial charge in [0, 0.05) is 41.3 Å². The van der Waals surface area contributed by atoms with Gasteiger partial charge in [0.05, 0.1) is 7.11 Å². The molecule has 2 aliphatic carbocycles. The third-order valence-electron chi connectivity index (χ3n) is 6.61. The van der Waals surface area contributed by atoms with Crippen molar-refractivity contribution >= 4 is 17.5 Å².